The van der Waals surface area contributed by atoms with Gasteiger partial charge in [0.05, 0.1) is 6.54 Å². The zero-order valence-electron chi connectivity index (χ0n) is 14.2. The maximum Gasteiger partial charge on any atom is 0.148 e. The summed E-state index contributed by atoms with van der Waals surface area (Å²) in [5.74, 6) is 6.24. The van der Waals surface area contributed by atoms with Gasteiger partial charge in [-0.05, 0) is 43.5 Å². The molecule has 1 N–H and O–H groups in total. The number of piperidine rings is 1. The normalized spacial score (nSPS) is 20.7. The average molecular weight is 320 g/mol. The van der Waals surface area contributed by atoms with Crippen molar-refractivity contribution in [3.63, 3.8) is 0 Å². The van der Waals surface area contributed by atoms with Gasteiger partial charge in [-0.15, -0.1) is 0 Å². The molecule has 124 valence electrons. The van der Waals surface area contributed by atoms with Gasteiger partial charge in [-0.3, -0.25) is 9.88 Å². The largest absolute Gasteiger partial charge is 0.374 e. The van der Waals surface area contributed by atoms with Gasteiger partial charge in [-0.1, -0.05) is 54.7 Å². The lowest BCUT2D eigenvalue weighted by Crippen LogP contribution is -2.34. The van der Waals surface area contributed by atoms with Crippen molar-refractivity contribution < 1.29 is 5.11 Å². The highest BCUT2D eigenvalue weighted by Gasteiger charge is 2.24. The highest BCUT2D eigenvalue weighted by molar-refractivity contribution is 5.30. The van der Waals surface area contributed by atoms with Crippen molar-refractivity contribution >= 4 is 0 Å². The van der Waals surface area contributed by atoms with Crippen LogP contribution in [0.25, 0.3) is 0 Å². The minimum Gasteiger partial charge on any atom is -0.374 e. The number of pyridine rings is 1. The Morgan fingerprint density at radius 3 is 2.79 bits per heavy atom. The molecule has 3 nitrogen and oxygen atoms in total. The lowest BCUT2D eigenvalue weighted by molar-refractivity contribution is 0.121. The highest BCUT2D eigenvalue weighted by atomic mass is 16.3. The number of hydrogen-bond donors (Lipinski definition) is 1. The van der Waals surface area contributed by atoms with Crippen molar-refractivity contribution in [1.82, 2.24) is 9.88 Å². The molecular formula is C21H24N2O. The van der Waals surface area contributed by atoms with E-state index in [1.54, 1.807) is 6.92 Å². The second kappa shape index (κ2) is 7.61. The zero-order chi connectivity index (χ0) is 16.8. The van der Waals surface area contributed by atoms with Gasteiger partial charge in [0.1, 0.15) is 5.60 Å². The molecule has 0 unspecified atom stereocenters. The fourth-order valence-electron chi connectivity index (χ4n) is 3.28. The fourth-order valence-corrected chi connectivity index (χ4v) is 3.28. The molecule has 2 atom stereocenters. The second-order valence-electron chi connectivity index (χ2n) is 6.51. The third kappa shape index (κ3) is 4.03. The summed E-state index contributed by atoms with van der Waals surface area (Å²) in [6.07, 6.45) is 7.35. The van der Waals surface area contributed by atoms with E-state index in [1.807, 2.05) is 48.8 Å². The highest BCUT2D eigenvalue weighted by Crippen LogP contribution is 2.29. The van der Waals surface area contributed by atoms with Gasteiger partial charge in [-0.2, -0.15) is 0 Å². The summed E-state index contributed by atoms with van der Waals surface area (Å²) in [5, 5.41) is 10.6. The molecule has 1 fully saturated rings. The molecule has 3 heteroatoms. The summed E-state index contributed by atoms with van der Waals surface area (Å²) in [6.45, 7) is 3.47. The van der Waals surface area contributed by atoms with Gasteiger partial charge < -0.3 is 5.11 Å². The van der Waals surface area contributed by atoms with E-state index in [0.29, 0.717) is 12.6 Å². The Hall–Kier alpha value is -2.15. The summed E-state index contributed by atoms with van der Waals surface area (Å²) < 4.78 is 0. The number of likely N-dealkylation sites (tertiary alicyclic amines) is 1. The van der Waals surface area contributed by atoms with E-state index >= 15 is 0 Å². The van der Waals surface area contributed by atoms with Crippen molar-refractivity contribution in [2.45, 2.75) is 37.8 Å². The number of nitrogens with zero attached hydrogens (tertiary/aromatic N) is 2. The van der Waals surface area contributed by atoms with Gasteiger partial charge in [-0.25, -0.2) is 0 Å². The van der Waals surface area contributed by atoms with Crippen molar-refractivity contribution in [3.05, 3.63) is 66.0 Å². The predicted octanol–water partition coefficient (Wildman–Crippen LogP) is 3.52. The smallest absolute Gasteiger partial charge is 0.148 e. The van der Waals surface area contributed by atoms with Crippen LogP contribution in [-0.2, 0) is 5.60 Å². The number of hydrogen-bond acceptors (Lipinski definition) is 3. The number of benzene rings is 1. The SMILES string of the molecule is C[C@@](O)(C#CCN1CCCC[C@@H]1c1cccnc1)c1ccccc1. The monoisotopic (exact) mass is 320 g/mol. The van der Waals surface area contributed by atoms with E-state index in [0.717, 1.165) is 18.5 Å². The predicted molar refractivity (Wildman–Crippen MR) is 96.2 cm³/mol. The van der Waals surface area contributed by atoms with E-state index in [9.17, 15) is 5.11 Å². The summed E-state index contributed by atoms with van der Waals surface area (Å²) in [6, 6.07) is 14.1. The fraction of sp³-hybridized carbons (Fsp3) is 0.381. The molecule has 24 heavy (non-hydrogen) atoms. The molecular weight excluding hydrogens is 296 g/mol. The molecule has 1 aromatic heterocycles. The van der Waals surface area contributed by atoms with Crippen LogP contribution in [0.1, 0.15) is 43.4 Å². The molecule has 3 rings (SSSR count). The van der Waals surface area contributed by atoms with Crippen LogP contribution in [-0.4, -0.2) is 28.1 Å². The minimum atomic E-state index is -1.11. The molecule has 0 bridgehead atoms. The Balaban J connectivity index is 1.71. The molecule has 1 aliphatic rings. The third-order valence-electron chi connectivity index (χ3n) is 4.63. The zero-order valence-corrected chi connectivity index (χ0v) is 14.2. The maximum atomic E-state index is 10.6. The molecule has 0 radical (unpaired) electrons. The average Bonchev–Trinajstić information content (AvgIpc) is 2.63. The molecule has 0 aliphatic carbocycles. The lowest BCUT2D eigenvalue weighted by Gasteiger charge is -2.34. The molecule has 0 spiro atoms. The lowest BCUT2D eigenvalue weighted by atomic mass is 9.95. The molecule has 2 heterocycles. The topological polar surface area (TPSA) is 36.4 Å². The Bertz CT molecular complexity index is 701. The van der Waals surface area contributed by atoms with Crippen LogP contribution in [0.5, 0.6) is 0 Å². The first-order valence-corrected chi connectivity index (χ1v) is 8.59. The van der Waals surface area contributed by atoms with Crippen LogP contribution in [0, 0.1) is 11.8 Å². The first-order chi connectivity index (χ1) is 11.7. The van der Waals surface area contributed by atoms with Gasteiger partial charge in [0, 0.05) is 18.4 Å². The van der Waals surface area contributed by atoms with E-state index < -0.39 is 5.60 Å². The molecule has 1 aliphatic heterocycles. The van der Waals surface area contributed by atoms with Gasteiger partial charge in [0.2, 0.25) is 0 Å². The van der Waals surface area contributed by atoms with Gasteiger partial charge >= 0.3 is 0 Å². The van der Waals surface area contributed by atoms with Crippen molar-refractivity contribution in [1.29, 1.82) is 0 Å². The van der Waals surface area contributed by atoms with Gasteiger partial charge in [0.25, 0.3) is 0 Å². The molecule has 1 aromatic carbocycles. The van der Waals surface area contributed by atoms with Crippen LogP contribution in [0.4, 0.5) is 0 Å². The Morgan fingerprint density at radius 1 is 1.21 bits per heavy atom. The Kier molecular flexibility index (Phi) is 5.30. The first kappa shape index (κ1) is 16.7. The van der Waals surface area contributed by atoms with E-state index in [-0.39, 0.29) is 0 Å². The summed E-state index contributed by atoms with van der Waals surface area (Å²) >= 11 is 0. The first-order valence-electron chi connectivity index (χ1n) is 8.59. The standard InChI is InChI=1S/C21H24N2O/c1-21(24,19-10-3-2-4-11-19)13-8-16-23-15-6-5-12-20(23)18-9-7-14-22-17-18/h2-4,7,9-11,14,17,20,24H,5-6,12,15-16H2,1H3/t20-,21-/m1/s1. The van der Waals surface area contributed by atoms with Crippen LogP contribution in [0.2, 0.25) is 0 Å². The maximum absolute atomic E-state index is 10.6. The molecule has 0 saturated carbocycles. The quantitative estimate of drug-likeness (QED) is 0.879. The van der Waals surface area contributed by atoms with Crippen LogP contribution >= 0.6 is 0 Å². The second-order valence-corrected chi connectivity index (χ2v) is 6.51. The number of rotatable bonds is 3. The van der Waals surface area contributed by atoms with E-state index in [4.69, 9.17) is 0 Å². The Morgan fingerprint density at radius 2 is 2.04 bits per heavy atom. The van der Waals surface area contributed by atoms with Gasteiger partial charge in [0.15, 0.2) is 0 Å². The van der Waals surface area contributed by atoms with Crippen LogP contribution in [0.3, 0.4) is 0 Å². The molecule has 1 saturated heterocycles. The van der Waals surface area contributed by atoms with Crippen molar-refractivity contribution in [3.8, 4) is 11.8 Å². The summed E-state index contributed by atoms with van der Waals surface area (Å²) in [5.41, 5.74) is 0.981. The third-order valence-corrected chi connectivity index (χ3v) is 4.63. The van der Waals surface area contributed by atoms with Crippen LogP contribution in [0.15, 0.2) is 54.9 Å². The van der Waals surface area contributed by atoms with Crippen molar-refractivity contribution in [2.75, 3.05) is 13.1 Å². The minimum absolute atomic E-state index is 0.378. The van der Waals surface area contributed by atoms with Crippen molar-refractivity contribution in [2.24, 2.45) is 0 Å². The Labute approximate surface area is 144 Å². The van der Waals surface area contributed by atoms with E-state index in [2.05, 4.69) is 27.8 Å². The number of aromatic nitrogens is 1. The van der Waals surface area contributed by atoms with Crippen LogP contribution < -0.4 is 0 Å². The molecule has 0 amide bonds. The summed E-state index contributed by atoms with van der Waals surface area (Å²) in [4.78, 5) is 6.65. The number of aliphatic hydroxyl groups is 1. The summed E-state index contributed by atoms with van der Waals surface area (Å²) in [7, 11) is 0. The molecule has 2 aromatic rings. The van der Waals surface area contributed by atoms with E-state index in [1.165, 1.54) is 18.4 Å².